The Bertz CT molecular complexity index is 1110. The van der Waals surface area contributed by atoms with E-state index in [4.69, 9.17) is 14.2 Å². The second kappa shape index (κ2) is 13.4. The van der Waals surface area contributed by atoms with Crippen LogP contribution in [0.4, 0.5) is 4.39 Å². The monoisotopic (exact) mass is 493 g/mol. The van der Waals surface area contributed by atoms with Crippen molar-refractivity contribution in [2.24, 2.45) is 5.92 Å². The zero-order chi connectivity index (χ0) is 25.0. The summed E-state index contributed by atoms with van der Waals surface area (Å²) in [6.45, 7) is 3.79. The van der Waals surface area contributed by atoms with Gasteiger partial charge >= 0.3 is 0 Å². The number of carbonyl (C=O) groups is 1. The summed E-state index contributed by atoms with van der Waals surface area (Å²) >= 11 is 0. The number of nitrogens with zero attached hydrogens (tertiary/aromatic N) is 1. The summed E-state index contributed by atoms with van der Waals surface area (Å²) in [5.74, 6) is 2.54. The lowest BCUT2D eigenvalue weighted by Crippen LogP contribution is -2.33. The molecule has 1 aromatic heterocycles. The molecule has 1 fully saturated rings. The molecule has 2 aliphatic rings. The molecule has 5 rings (SSSR count). The van der Waals surface area contributed by atoms with Gasteiger partial charge in [0.2, 0.25) is 12.7 Å². The average molecular weight is 494 g/mol. The predicted molar refractivity (Wildman–Crippen MR) is 135 cm³/mol. The molecule has 3 heterocycles. The number of aromatic nitrogens is 1. The fraction of sp³-hybridized carbons (Fsp3) is 0.357. The third kappa shape index (κ3) is 7.95. The number of carbonyl (C=O) groups excluding carboxylic acids is 1. The van der Waals surface area contributed by atoms with Crippen LogP contribution in [0.15, 0.2) is 66.9 Å². The van der Waals surface area contributed by atoms with Crippen LogP contribution in [0.2, 0.25) is 0 Å². The Morgan fingerprint density at radius 1 is 1.11 bits per heavy atom. The maximum absolute atomic E-state index is 13.3. The van der Waals surface area contributed by atoms with Gasteiger partial charge in [0.1, 0.15) is 11.6 Å². The zero-order valence-electron chi connectivity index (χ0n) is 20.3. The highest BCUT2D eigenvalue weighted by atomic mass is 19.1. The van der Waals surface area contributed by atoms with E-state index < -0.39 is 0 Å². The molecule has 3 aromatic rings. The molecule has 1 saturated heterocycles. The lowest BCUT2D eigenvalue weighted by molar-refractivity contribution is -0.120. The number of hydrogen-bond acceptors (Lipinski definition) is 6. The molecule has 2 aromatic carbocycles. The minimum absolute atomic E-state index is 0.0644. The van der Waals surface area contributed by atoms with E-state index in [1.54, 1.807) is 24.4 Å². The molecule has 2 aliphatic heterocycles. The van der Waals surface area contributed by atoms with Crippen LogP contribution in [0.25, 0.3) is 0 Å². The molecule has 0 radical (unpaired) electrons. The minimum atomic E-state index is -0.345. The average Bonchev–Trinajstić information content (AvgIpc) is 3.39. The Hall–Kier alpha value is -3.65. The molecule has 1 unspecified atom stereocenters. The molecule has 2 N–H and O–H groups in total. The van der Waals surface area contributed by atoms with Gasteiger partial charge in [0, 0.05) is 43.4 Å². The maximum atomic E-state index is 13.3. The normalized spacial score (nSPS) is 16.0. The number of pyridine rings is 1. The van der Waals surface area contributed by atoms with Gasteiger partial charge in [0.15, 0.2) is 11.5 Å². The van der Waals surface area contributed by atoms with Crippen LogP contribution < -0.4 is 24.8 Å². The summed E-state index contributed by atoms with van der Waals surface area (Å²) in [5, 5.41) is 6.15. The Morgan fingerprint density at radius 2 is 1.97 bits per heavy atom. The largest absolute Gasteiger partial charge is 0.493 e. The van der Waals surface area contributed by atoms with Crippen molar-refractivity contribution in [2.75, 3.05) is 33.0 Å². The standard InChI is InChI=1S/C15H15FN2O.C13H17NO3/c16-14-7-2-1-5-12(14)11-15(19)18-10-8-13-6-3-4-9-17-13;1-2-10(7-14-5-1)8-15-11-3-4-12-13(6-11)17-9-16-12/h1-7,9H,8,10-11H2,(H,18,19);3-4,6,10,14H,1-2,5,7-9H2. The molecule has 1 amide bonds. The van der Waals surface area contributed by atoms with Gasteiger partial charge in [-0.2, -0.15) is 0 Å². The van der Waals surface area contributed by atoms with E-state index in [9.17, 15) is 9.18 Å². The molecule has 36 heavy (non-hydrogen) atoms. The topological polar surface area (TPSA) is 81.7 Å². The smallest absolute Gasteiger partial charge is 0.231 e. The minimum Gasteiger partial charge on any atom is -0.493 e. The first-order valence-corrected chi connectivity index (χ1v) is 12.3. The quantitative estimate of drug-likeness (QED) is 0.495. The Morgan fingerprint density at radius 3 is 2.78 bits per heavy atom. The van der Waals surface area contributed by atoms with Crippen LogP contribution in [-0.2, 0) is 17.6 Å². The van der Waals surface area contributed by atoms with E-state index in [-0.39, 0.29) is 18.1 Å². The molecule has 0 bridgehead atoms. The third-order valence-corrected chi connectivity index (χ3v) is 5.97. The molecule has 7 nitrogen and oxygen atoms in total. The number of rotatable bonds is 8. The molecule has 0 aliphatic carbocycles. The van der Waals surface area contributed by atoms with E-state index in [1.807, 2.05) is 36.4 Å². The summed E-state index contributed by atoms with van der Waals surface area (Å²) < 4.78 is 29.7. The lowest BCUT2D eigenvalue weighted by atomic mass is 10.0. The van der Waals surface area contributed by atoms with Gasteiger partial charge in [0.25, 0.3) is 0 Å². The SMILES string of the molecule is O=C(Cc1ccccc1F)NCCc1ccccn1.c1cc2c(cc1OCC1CCCNC1)OCO2. The summed E-state index contributed by atoms with van der Waals surface area (Å²) in [7, 11) is 0. The van der Waals surface area contributed by atoms with Crippen LogP contribution in [0.1, 0.15) is 24.1 Å². The van der Waals surface area contributed by atoms with Crippen molar-refractivity contribution in [1.82, 2.24) is 15.6 Å². The first-order chi connectivity index (χ1) is 17.7. The van der Waals surface area contributed by atoms with Gasteiger partial charge in [-0.15, -0.1) is 0 Å². The van der Waals surface area contributed by atoms with Gasteiger partial charge in [-0.1, -0.05) is 24.3 Å². The van der Waals surface area contributed by atoms with Crippen molar-refractivity contribution in [3.63, 3.8) is 0 Å². The first kappa shape index (κ1) is 25.4. The predicted octanol–water partition coefficient (Wildman–Crippen LogP) is 3.92. The van der Waals surface area contributed by atoms with Gasteiger partial charge in [0.05, 0.1) is 13.0 Å². The van der Waals surface area contributed by atoms with E-state index >= 15 is 0 Å². The molecular formula is C28H32FN3O4. The van der Waals surface area contributed by atoms with Crippen molar-refractivity contribution >= 4 is 5.91 Å². The zero-order valence-corrected chi connectivity index (χ0v) is 20.3. The number of halogens is 1. The van der Waals surface area contributed by atoms with Gasteiger partial charge in [-0.3, -0.25) is 9.78 Å². The summed E-state index contributed by atoms with van der Waals surface area (Å²) in [6.07, 6.45) is 4.95. The molecule has 190 valence electrons. The first-order valence-electron chi connectivity index (χ1n) is 12.3. The number of amides is 1. The highest BCUT2D eigenvalue weighted by Crippen LogP contribution is 2.35. The van der Waals surface area contributed by atoms with Gasteiger partial charge < -0.3 is 24.8 Å². The molecule has 1 atom stereocenters. The number of benzene rings is 2. The second-order valence-electron chi connectivity index (χ2n) is 8.73. The number of fused-ring (bicyclic) bond motifs is 1. The summed E-state index contributed by atoms with van der Waals surface area (Å²) in [4.78, 5) is 15.8. The molecule has 0 spiro atoms. The Balaban J connectivity index is 0.000000170. The maximum Gasteiger partial charge on any atom is 0.231 e. The molecule has 0 saturated carbocycles. The van der Waals surface area contributed by atoms with Crippen LogP contribution in [0.5, 0.6) is 17.2 Å². The number of ether oxygens (including phenoxy) is 3. The van der Waals surface area contributed by atoms with Crippen LogP contribution in [0, 0.1) is 11.7 Å². The third-order valence-electron chi connectivity index (χ3n) is 5.97. The van der Waals surface area contributed by atoms with Gasteiger partial charge in [-0.05, 0) is 55.3 Å². The lowest BCUT2D eigenvalue weighted by Gasteiger charge is -2.22. The Labute approximate surface area is 211 Å². The van der Waals surface area contributed by atoms with Crippen molar-refractivity contribution in [3.05, 3.63) is 83.9 Å². The molecule has 8 heteroatoms. The van der Waals surface area contributed by atoms with E-state index in [2.05, 4.69) is 15.6 Å². The van der Waals surface area contributed by atoms with Crippen LogP contribution >= 0.6 is 0 Å². The van der Waals surface area contributed by atoms with Crippen LogP contribution in [-0.4, -0.2) is 43.9 Å². The highest BCUT2D eigenvalue weighted by Gasteiger charge is 2.16. The Kier molecular flexibility index (Phi) is 9.50. The van der Waals surface area contributed by atoms with Crippen molar-refractivity contribution in [1.29, 1.82) is 0 Å². The fourth-order valence-corrected chi connectivity index (χ4v) is 4.00. The number of piperidine rings is 1. The van der Waals surface area contributed by atoms with E-state index in [0.29, 0.717) is 31.2 Å². The summed E-state index contributed by atoms with van der Waals surface area (Å²) in [5.41, 5.74) is 1.34. The van der Waals surface area contributed by atoms with Crippen LogP contribution in [0.3, 0.4) is 0 Å². The van der Waals surface area contributed by atoms with E-state index in [1.165, 1.54) is 18.9 Å². The van der Waals surface area contributed by atoms with Crippen molar-refractivity contribution in [3.8, 4) is 17.2 Å². The van der Waals surface area contributed by atoms with E-state index in [0.717, 1.165) is 42.6 Å². The summed E-state index contributed by atoms with van der Waals surface area (Å²) in [6, 6.07) is 17.7. The molecular weight excluding hydrogens is 461 g/mol. The van der Waals surface area contributed by atoms with Gasteiger partial charge in [-0.25, -0.2) is 4.39 Å². The van der Waals surface area contributed by atoms with Crippen molar-refractivity contribution in [2.45, 2.75) is 25.7 Å². The fourth-order valence-electron chi connectivity index (χ4n) is 4.00. The number of nitrogens with one attached hydrogen (secondary N) is 2. The second-order valence-corrected chi connectivity index (χ2v) is 8.73. The highest BCUT2D eigenvalue weighted by molar-refractivity contribution is 5.78. The number of hydrogen-bond donors (Lipinski definition) is 2. The van der Waals surface area contributed by atoms with Crippen molar-refractivity contribution < 1.29 is 23.4 Å².